The van der Waals surface area contributed by atoms with E-state index >= 15 is 0 Å². The van der Waals surface area contributed by atoms with Crippen molar-refractivity contribution in [3.8, 4) is 0 Å². The molecule has 2 aromatic heterocycles. The van der Waals surface area contributed by atoms with Gasteiger partial charge in [-0.25, -0.2) is 19.7 Å². The van der Waals surface area contributed by atoms with E-state index in [2.05, 4.69) is 15.0 Å². The smallest absolute Gasteiger partial charge is 0.410 e. The Labute approximate surface area is 191 Å². The number of hydrogen-bond donors (Lipinski definition) is 1. The largest absolute Gasteiger partial charge is 0.444 e. The number of ether oxygens (including phenoxy) is 1. The molecule has 32 heavy (non-hydrogen) atoms. The quantitative estimate of drug-likeness (QED) is 0.549. The molecular weight excluding hydrogens is 430 g/mol. The standard InChI is InChI=1S/C22H31N5O4S/c1-20(2,3)31-19(29)26-10-9-22(30,21(12-26)7-5-6-8-21)13-27-14-24-16-15(17(27)28)11-23-18(25-16)32-4/h11,14,30H,5-10,12-13H2,1-4H3. The zero-order valence-electron chi connectivity index (χ0n) is 19.1. The monoisotopic (exact) mass is 461 g/mol. The van der Waals surface area contributed by atoms with Crippen LogP contribution in [-0.4, -0.2) is 66.2 Å². The number of rotatable bonds is 3. The molecule has 10 heteroatoms. The third-order valence-electron chi connectivity index (χ3n) is 6.66. The van der Waals surface area contributed by atoms with Crippen LogP contribution in [0.2, 0.25) is 0 Å². The Morgan fingerprint density at radius 1 is 1.25 bits per heavy atom. The molecule has 0 radical (unpaired) electrons. The highest BCUT2D eigenvalue weighted by atomic mass is 32.2. The molecule has 1 spiro atoms. The number of aliphatic hydroxyl groups is 1. The molecular formula is C22H31N5O4S. The van der Waals surface area contributed by atoms with Gasteiger partial charge in [-0.05, 0) is 46.3 Å². The number of carbonyl (C=O) groups is 1. The second-order valence-electron chi connectivity index (χ2n) is 9.94. The van der Waals surface area contributed by atoms with E-state index in [1.165, 1.54) is 28.9 Å². The highest BCUT2D eigenvalue weighted by Crippen LogP contribution is 2.51. The lowest BCUT2D eigenvalue weighted by Gasteiger charge is -2.52. The summed E-state index contributed by atoms with van der Waals surface area (Å²) in [5, 5.41) is 12.8. The third-order valence-corrected chi connectivity index (χ3v) is 7.22. The minimum atomic E-state index is -1.12. The minimum Gasteiger partial charge on any atom is -0.444 e. The first-order valence-corrected chi connectivity index (χ1v) is 12.2. The van der Waals surface area contributed by atoms with E-state index in [1.807, 2.05) is 27.0 Å². The number of aromatic nitrogens is 4. The lowest BCUT2D eigenvalue weighted by molar-refractivity contribution is -0.140. The third kappa shape index (κ3) is 4.22. The van der Waals surface area contributed by atoms with Gasteiger partial charge in [0.2, 0.25) is 0 Å². The maximum atomic E-state index is 13.1. The van der Waals surface area contributed by atoms with Gasteiger partial charge < -0.3 is 14.7 Å². The van der Waals surface area contributed by atoms with Crippen molar-refractivity contribution in [3.05, 3.63) is 22.9 Å². The van der Waals surface area contributed by atoms with E-state index in [9.17, 15) is 14.7 Å². The van der Waals surface area contributed by atoms with E-state index in [4.69, 9.17) is 4.74 Å². The summed E-state index contributed by atoms with van der Waals surface area (Å²) in [6.07, 6.45) is 8.43. The van der Waals surface area contributed by atoms with Crippen LogP contribution in [0.3, 0.4) is 0 Å². The van der Waals surface area contributed by atoms with Crippen molar-refractivity contribution >= 4 is 28.9 Å². The number of amides is 1. The summed E-state index contributed by atoms with van der Waals surface area (Å²) in [7, 11) is 0. The van der Waals surface area contributed by atoms with Gasteiger partial charge in [0.1, 0.15) is 17.3 Å². The van der Waals surface area contributed by atoms with Crippen LogP contribution in [-0.2, 0) is 11.3 Å². The molecule has 0 aromatic carbocycles. The second kappa shape index (κ2) is 8.30. The Hall–Kier alpha value is -2.20. The number of thioether (sulfide) groups is 1. The Balaban J connectivity index is 1.62. The molecule has 3 heterocycles. The van der Waals surface area contributed by atoms with Crippen LogP contribution >= 0.6 is 11.8 Å². The number of carbonyl (C=O) groups excluding carboxylic acids is 1. The first-order valence-electron chi connectivity index (χ1n) is 11.0. The summed E-state index contributed by atoms with van der Waals surface area (Å²) in [5.41, 5.74) is -2.08. The van der Waals surface area contributed by atoms with Crippen molar-refractivity contribution in [1.82, 2.24) is 24.4 Å². The zero-order valence-corrected chi connectivity index (χ0v) is 19.9. The SMILES string of the molecule is CSc1ncc2c(=O)n(CC3(O)CCN(C(=O)OC(C)(C)C)CC34CCCC4)cnc2n1. The van der Waals surface area contributed by atoms with E-state index in [0.29, 0.717) is 35.7 Å². The van der Waals surface area contributed by atoms with Crippen LogP contribution in [0, 0.1) is 5.41 Å². The van der Waals surface area contributed by atoms with Crippen LogP contribution in [0.4, 0.5) is 4.79 Å². The van der Waals surface area contributed by atoms with Gasteiger partial charge in [0, 0.05) is 24.7 Å². The molecule has 0 bridgehead atoms. The van der Waals surface area contributed by atoms with Gasteiger partial charge in [-0.1, -0.05) is 24.6 Å². The van der Waals surface area contributed by atoms with E-state index in [0.717, 1.165) is 25.7 Å². The van der Waals surface area contributed by atoms with Crippen molar-refractivity contribution in [2.45, 2.75) is 75.8 Å². The first-order chi connectivity index (χ1) is 15.1. The molecule has 4 rings (SSSR count). The summed E-state index contributed by atoms with van der Waals surface area (Å²) >= 11 is 1.39. The van der Waals surface area contributed by atoms with Gasteiger partial charge in [0.15, 0.2) is 10.8 Å². The average Bonchev–Trinajstić information content (AvgIpc) is 3.21. The molecule has 1 aliphatic heterocycles. The van der Waals surface area contributed by atoms with Crippen LogP contribution in [0.1, 0.15) is 52.9 Å². The molecule has 1 N–H and O–H groups in total. The molecule has 1 saturated heterocycles. The fourth-order valence-corrected chi connectivity index (χ4v) is 5.35. The average molecular weight is 462 g/mol. The van der Waals surface area contributed by atoms with E-state index < -0.39 is 16.6 Å². The van der Waals surface area contributed by atoms with Crippen molar-refractivity contribution in [3.63, 3.8) is 0 Å². The number of nitrogens with zero attached hydrogens (tertiary/aromatic N) is 5. The summed E-state index contributed by atoms with van der Waals surface area (Å²) < 4.78 is 7.04. The van der Waals surface area contributed by atoms with Crippen LogP contribution in [0.15, 0.2) is 22.5 Å². The molecule has 2 fully saturated rings. The van der Waals surface area contributed by atoms with Crippen LogP contribution in [0.25, 0.3) is 11.0 Å². The van der Waals surface area contributed by atoms with E-state index in [-0.39, 0.29) is 18.2 Å². The molecule has 174 valence electrons. The maximum absolute atomic E-state index is 13.1. The maximum Gasteiger partial charge on any atom is 0.410 e. The van der Waals surface area contributed by atoms with Gasteiger partial charge in [-0.3, -0.25) is 9.36 Å². The predicted molar refractivity (Wildman–Crippen MR) is 122 cm³/mol. The predicted octanol–water partition coefficient (Wildman–Crippen LogP) is 2.84. The lowest BCUT2D eigenvalue weighted by Crippen LogP contribution is -2.62. The molecule has 2 aromatic rings. The molecule has 1 saturated carbocycles. The van der Waals surface area contributed by atoms with Crippen molar-refractivity contribution in [1.29, 1.82) is 0 Å². The molecule has 1 unspecified atom stereocenters. The van der Waals surface area contributed by atoms with Crippen LogP contribution < -0.4 is 5.56 Å². The Morgan fingerprint density at radius 3 is 2.62 bits per heavy atom. The molecule has 2 aliphatic rings. The summed E-state index contributed by atoms with van der Waals surface area (Å²) in [4.78, 5) is 40.4. The highest BCUT2D eigenvalue weighted by molar-refractivity contribution is 7.98. The molecule has 1 aliphatic carbocycles. The van der Waals surface area contributed by atoms with Gasteiger partial charge in [-0.2, -0.15) is 0 Å². The molecule has 9 nitrogen and oxygen atoms in total. The topological polar surface area (TPSA) is 110 Å². The minimum absolute atomic E-state index is 0.126. The van der Waals surface area contributed by atoms with Crippen molar-refractivity contribution < 1.29 is 14.6 Å². The van der Waals surface area contributed by atoms with E-state index in [1.54, 1.807) is 4.90 Å². The number of hydrogen-bond acceptors (Lipinski definition) is 8. The second-order valence-corrected chi connectivity index (χ2v) is 10.7. The Morgan fingerprint density at radius 2 is 1.97 bits per heavy atom. The van der Waals surface area contributed by atoms with Crippen molar-refractivity contribution in [2.75, 3.05) is 19.3 Å². The summed E-state index contributed by atoms with van der Waals surface area (Å²) in [6.45, 7) is 6.48. The summed E-state index contributed by atoms with van der Waals surface area (Å²) in [6, 6.07) is 0. The lowest BCUT2D eigenvalue weighted by atomic mass is 9.66. The Kier molecular flexibility index (Phi) is 5.96. The fourth-order valence-electron chi connectivity index (χ4n) is 5.01. The Bertz CT molecular complexity index is 1080. The first kappa shape index (κ1) is 23.0. The number of likely N-dealkylation sites (tertiary alicyclic amines) is 1. The fraction of sp³-hybridized carbons (Fsp3) is 0.682. The summed E-state index contributed by atoms with van der Waals surface area (Å²) in [5.74, 6) is 0. The van der Waals surface area contributed by atoms with Gasteiger partial charge in [0.25, 0.3) is 5.56 Å². The number of fused-ring (bicyclic) bond motifs is 1. The van der Waals surface area contributed by atoms with Crippen molar-refractivity contribution in [2.24, 2.45) is 5.41 Å². The van der Waals surface area contributed by atoms with Gasteiger partial charge in [0.05, 0.1) is 12.1 Å². The van der Waals surface area contributed by atoms with Gasteiger partial charge in [-0.15, -0.1) is 0 Å². The van der Waals surface area contributed by atoms with Gasteiger partial charge >= 0.3 is 6.09 Å². The van der Waals surface area contributed by atoms with Crippen LogP contribution in [0.5, 0.6) is 0 Å². The zero-order chi connectivity index (χ0) is 23.1. The molecule has 1 atom stereocenters. The number of piperidine rings is 1. The highest BCUT2D eigenvalue weighted by Gasteiger charge is 2.56. The normalized spacial score (nSPS) is 23.1. The molecule has 1 amide bonds.